The third-order valence-electron chi connectivity index (χ3n) is 3.19. The second-order valence-electron chi connectivity index (χ2n) is 4.74. The lowest BCUT2D eigenvalue weighted by atomic mass is 9.98. The zero-order valence-corrected chi connectivity index (χ0v) is 11.6. The predicted octanol–water partition coefficient (Wildman–Crippen LogP) is 2.30. The molecule has 0 spiro atoms. The third kappa shape index (κ3) is 3.92. The van der Waals surface area contributed by atoms with E-state index in [-0.39, 0.29) is 11.5 Å². The number of amides is 1. The van der Waals surface area contributed by atoms with Crippen molar-refractivity contribution in [2.75, 3.05) is 6.54 Å². The van der Waals surface area contributed by atoms with Crippen LogP contribution in [0.5, 0.6) is 0 Å². The van der Waals surface area contributed by atoms with E-state index in [1.165, 1.54) is 5.56 Å². The van der Waals surface area contributed by atoms with E-state index in [0.717, 1.165) is 12.5 Å². The smallest absolute Gasteiger partial charge is 0.374 e. The quantitative estimate of drug-likeness (QED) is 0.850. The zero-order valence-electron chi connectivity index (χ0n) is 11.6. The molecule has 0 saturated carbocycles. The van der Waals surface area contributed by atoms with Gasteiger partial charge in [0, 0.05) is 12.6 Å². The van der Waals surface area contributed by atoms with Gasteiger partial charge < -0.3 is 14.9 Å². The Morgan fingerprint density at radius 2 is 2.05 bits per heavy atom. The summed E-state index contributed by atoms with van der Waals surface area (Å²) in [6.45, 7) is 2.56. The predicted molar refractivity (Wildman–Crippen MR) is 75.3 cm³/mol. The van der Waals surface area contributed by atoms with Crippen molar-refractivity contribution in [2.45, 2.75) is 19.3 Å². The Hall–Kier alpha value is -2.63. The molecule has 21 heavy (non-hydrogen) atoms. The van der Waals surface area contributed by atoms with Crippen LogP contribution in [0.1, 0.15) is 45.9 Å². The molecule has 1 amide bonds. The molecule has 110 valence electrons. The van der Waals surface area contributed by atoms with Gasteiger partial charge in [0.2, 0.25) is 5.76 Å². The summed E-state index contributed by atoms with van der Waals surface area (Å²) in [5.41, 5.74) is 1.18. The van der Waals surface area contributed by atoms with Crippen molar-refractivity contribution in [3.8, 4) is 0 Å². The number of benzene rings is 1. The van der Waals surface area contributed by atoms with E-state index in [1.54, 1.807) is 0 Å². The van der Waals surface area contributed by atoms with Gasteiger partial charge in [-0.3, -0.25) is 4.79 Å². The van der Waals surface area contributed by atoms with Crippen LogP contribution in [0, 0.1) is 0 Å². The highest BCUT2D eigenvalue weighted by Gasteiger charge is 2.16. The molecular formula is C15H16N2O4. The lowest BCUT2D eigenvalue weighted by Gasteiger charge is -2.11. The molecule has 1 atom stereocenters. The maximum atomic E-state index is 11.8. The molecule has 0 saturated heterocycles. The molecule has 0 aliphatic heterocycles. The van der Waals surface area contributed by atoms with Gasteiger partial charge in [-0.25, -0.2) is 4.79 Å². The maximum absolute atomic E-state index is 11.8. The molecule has 1 unspecified atom stereocenters. The van der Waals surface area contributed by atoms with Gasteiger partial charge in [0.1, 0.15) is 0 Å². The van der Waals surface area contributed by atoms with Crippen LogP contribution >= 0.6 is 0 Å². The lowest BCUT2D eigenvalue weighted by molar-refractivity contribution is 0.0651. The van der Waals surface area contributed by atoms with Gasteiger partial charge in [0.05, 0.1) is 0 Å². The highest BCUT2D eigenvalue weighted by atomic mass is 16.5. The molecule has 6 nitrogen and oxygen atoms in total. The first-order valence-corrected chi connectivity index (χ1v) is 6.61. The Morgan fingerprint density at radius 1 is 1.33 bits per heavy atom. The van der Waals surface area contributed by atoms with E-state index >= 15 is 0 Å². The molecule has 2 rings (SSSR count). The van der Waals surface area contributed by atoms with Crippen molar-refractivity contribution in [1.82, 2.24) is 10.5 Å². The van der Waals surface area contributed by atoms with Crippen molar-refractivity contribution in [2.24, 2.45) is 0 Å². The van der Waals surface area contributed by atoms with Crippen molar-refractivity contribution < 1.29 is 19.2 Å². The standard InChI is InChI=1S/C15H16N2O4/c1-10(11-5-3-2-4-6-11)7-8-16-14(18)12-9-13(15(19)20)21-17-12/h2-6,9-10H,7-8H2,1H3,(H,16,18)(H,19,20). The van der Waals surface area contributed by atoms with Crippen LogP contribution in [0.15, 0.2) is 40.9 Å². The number of nitrogens with zero attached hydrogens (tertiary/aromatic N) is 1. The van der Waals surface area contributed by atoms with Crippen molar-refractivity contribution in [1.29, 1.82) is 0 Å². The van der Waals surface area contributed by atoms with Crippen LogP contribution in [-0.2, 0) is 0 Å². The molecule has 2 aromatic rings. The fourth-order valence-corrected chi connectivity index (χ4v) is 1.92. The highest BCUT2D eigenvalue weighted by Crippen LogP contribution is 2.17. The van der Waals surface area contributed by atoms with Gasteiger partial charge in [-0.15, -0.1) is 0 Å². The lowest BCUT2D eigenvalue weighted by Crippen LogP contribution is -2.25. The first-order valence-electron chi connectivity index (χ1n) is 6.61. The highest BCUT2D eigenvalue weighted by molar-refractivity contribution is 5.94. The summed E-state index contributed by atoms with van der Waals surface area (Å²) in [4.78, 5) is 22.4. The van der Waals surface area contributed by atoms with Crippen molar-refractivity contribution in [3.05, 3.63) is 53.4 Å². The van der Waals surface area contributed by atoms with E-state index in [2.05, 4.69) is 21.9 Å². The molecule has 0 aliphatic rings. The van der Waals surface area contributed by atoms with Gasteiger partial charge in [0.15, 0.2) is 5.69 Å². The second-order valence-corrected chi connectivity index (χ2v) is 4.74. The van der Waals surface area contributed by atoms with Gasteiger partial charge >= 0.3 is 5.97 Å². The van der Waals surface area contributed by atoms with Crippen LogP contribution in [0.2, 0.25) is 0 Å². The summed E-state index contributed by atoms with van der Waals surface area (Å²) in [6, 6.07) is 11.1. The summed E-state index contributed by atoms with van der Waals surface area (Å²) in [6.07, 6.45) is 0.777. The number of hydrogen-bond acceptors (Lipinski definition) is 4. The van der Waals surface area contributed by atoms with Crippen LogP contribution in [0.4, 0.5) is 0 Å². The summed E-state index contributed by atoms with van der Waals surface area (Å²) in [5, 5.41) is 14.8. The van der Waals surface area contributed by atoms with Gasteiger partial charge in [0.25, 0.3) is 5.91 Å². The molecule has 1 heterocycles. The number of nitrogens with one attached hydrogen (secondary N) is 1. The normalized spacial score (nSPS) is 11.9. The zero-order chi connectivity index (χ0) is 15.2. The van der Waals surface area contributed by atoms with Crippen LogP contribution in [0.3, 0.4) is 0 Å². The minimum atomic E-state index is -1.25. The largest absolute Gasteiger partial charge is 0.475 e. The number of aromatic nitrogens is 1. The number of carbonyl (C=O) groups is 2. The first-order chi connectivity index (χ1) is 10.1. The number of carboxylic acids is 1. The summed E-state index contributed by atoms with van der Waals surface area (Å²) < 4.78 is 4.53. The Kier molecular flexibility index (Phi) is 4.71. The first kappa shape index (κ1) is 14.8. The van der Waals surface area contributed by atoms with Crippen LogP contribution < -0.4 is 5.32 Å². The van der Waals surface area contributed by atoms with Crippen LogP contribution in [-0.4, -0.2) is 28.7 Å². The molecule has 0 bridgehead atoms. The Labute approximate surface area is 121 Å². The van der Waals surface area contributed by atoms with Gasteiger partial charge in [-0.1, -0.05) is 42.4 Å². The second kappa shape index (κ2) is 6.69. The molecule has 1 aromatic carbocycles. The monoisotopic (exact) mass is 288 g/mol. The number of carbonyl (C=O) groups excluding carboxylic acids is 1. The Morgan fingerprint density at radius 3 is 2.67 bits per heavy atom. The van der Waals surface area contributed by atoms with E-state index in [1.807, 2.05) is 30.3 Å². The molecule has 1 aromatic heterocycles. The number of carboxylic acid groups (broad SMARTS) is 1. The van der Waals surface area contributed by atoms with E-state index < -0.39 is 11.9 Å². The topological polar surface area (TPSA) is 92.4 Å². The van der Waals surface area contributed by atoms with Gasteiger partial charge in [-0.05, 0) is 17.9 Å². The molecule has 0 fully saturated rings. The summed E-state index contributed by atoms with van der Waals surface area (Å²) >= 11 is 0. The number of hydrogen-bond donors (Lipinski definition) is 2. The fraction of sp³-hybridized carbons (Fsp3) is 0.267. The summed E-state index contributed by atoms with van der Waals surface area (Å²) in [5.74, 6) is -1.72. The van der Waals surface area contributed by atoms with E-state index in [4.69, 9.17) is 5.11 Å². The molecule has 0 radical (unpaired) electrons. The number of aromatic carboxylic acids is 1. The Bertz CT molecular complexity index is 622. The van der Waals surface area contributed by atoms with E-state index in [9.17, 15) is 9.59 Å². The molecular weight excluding hydrogens is 272 g/mol. The fourth-order valence-electron chi connectivity index (χ4n) is 1.92. The van der Waals surface area contributed by atoms with Crippen molar-refractivity contribution >= 4 is 11.9 Å². The maximum Gasteiger partial charge on any atom is 0.374 e. The number of rotatable bonds is 6. The van der Waals surface area contributed by atoms with Crippen LogP contribution in [0.25, 0.3) is 0 Å². The third-order valence-corrected chi connectivity index (χ3v) is 3.19. The van der Waals surface area contributed by atoms with E-state index in [0.29, 0.717) is 12.5 Å². The summed E-state index contributed by atoms with van der Waals surface area (Å²) in [7, 11) is 0. The minimum Gasteiger partial charge on any atom is -0.475 e. The molecule has 2 N–H and O–H groups in total. The van der Waals surface area contributed by atoms with Crippen molar-refractivity contribution in [3.63, 3.8) is 0 Å². The molecule has 0 aliphatic carbocycles. The average Bonchev–Trinajstić information content (AvgIpc) is 2.98. The molecule has 6 heteroatoms. The SMILES string of the molecule is CC(CCNC(=O)c1cc(C(=O)O)on1)c1ccccc1. The Balaban J connectivity index is 1.82. The minimum absolute atomic E-state index is 0.0280. The van der Waals surface area contributed by atoms with Gasteiger partial charge in [-0.2, -0.15) is 0 Å². The average molecular weight is 288 g/mol.